The zero-order valence-corrected chi connectivity index (χ0v) is 25.2. The Morgan fingerprint density at radius 1 is 0.974 bits per heavy atom. The van der Waals surface area contributed by atoms with Crippen molar-refractivity contribution in [1.29, 1.82) is 0 Å². The fourth-order valence-corrected chi connectivity index (χ4v) is 4.85. The third-order valence-corrected chi connectivity index (χ3v) is 7.71. The maximum atomic E-state index is 12.8. The number of carbonyl (C=O) groups is 2. The van der Waals surface area contributed by atoms with Gasteiger partial charge in [0, 0.05) is 38.6 Å². The van der Waals surface area contributed by atoms with Crippen molar-refractivity contribution in [2.24, 2.45) is 41.1 Å². The molecule has 0 saturated carbocycles. The summed E-state index contributed by atoms with van der Waals surface area (Å²) in [7, 11) is 3.29. The Morgan fingerprint density at radius 3 is 2.18 bits per heavy atom. The maximum absolute atomic E-state index is 12.8. The predicted octanol–water partition coefficient (Wildman–Crippen LogP) is 3.46. The monoisotopic (exact) mass is 551 g/mol. The second kappa shape index (κ2) is 17.4. The maximum Gasteiger partial charge on any atom is 0.223 e. The third kappa shape index (κ3) is 11.3. The molecule has 6 atom stereocenters. The summed E-state index contributed by atoms with van der Waals surface area (Å²) >= 11 is 0. The van der Waals surface area contributed by atoms with Crippen molar-refractivity contribution in [2.45, 2.75) is 78.9 Å². The molecule has 0 radical (unpaired) electrons. The summed E-state index contributed by atoms with van der Waals surface area (Å²) in [6, 6.07) is 5.50. The van der Waals surface area contributed by atoms with Gasteiger partial charge in [-0.05, 0) is 54.2 Å². The van der Waals surface area contributed by atoms with Gasteiger partial charge in [-0.3, -0.25) is 9.59 Å². The van der Waals surface area contributed by atoms with Crippen LogP contribution in [-0.4, -0.2) is 63.0 Å². The van der Waals surface area contributed by atoms with E-state index in [1.807, 2.05) is 26.0 Å². The van der Waals surface area contributed by atoms with E-state index in [2.05, 4.69) is 32.2 Å². The lowest BCUT2D eigenvalue weighted by Gasteiger charge is -2.33. The minimum Gasteiger partial charge on any atom is -0.493 e. The van der Waals surface area contributed by atoms with Crippen molar-refractivity contribution in [1.82, 2.24) is 5.32 Å². The molecule has 0 aliphatic heterocycles. The highest BCUT2D eigenvalue weighted by atomic mass is 16.5. The molecule has 2 amide bonds. The molecule has 1 aromatic rings. The summed E-state index contributed by atoms with van der Waals surface area (Å²) in [5, 5.41) is 13.9. The number of nitrogens with one attached hydrogen (secondary N) is 1. The second-order valence-corrected chi connectivity index (χ2v) is 11.4. The first-order chi connectivity index (χ1) is 18.3. The molecule has 1 aromatic carbocycles. The van der Waals surface area contributed by atoms with E-state index in [1.54, 1.807) is 21.1 Å². The van der Waals surface area contributed by atoms with Gasteiger partial charge in [0.1, 0.15) is 0 Å². The highest BCUT2D eigenvalue weighted by Crippen LogP contribution is 2.38. The number of benzene rings is 1. The van der Waals surface area contributed by atoms with Gasteiger partial charge in [0.2, 0.25) is 11.8 Å². The van der Waals surface area contributed by atoms with Crippen LogP contribution in [0.2, 0.25) is 0 Å². The van der Waals surface area contributed by atoms with E-state index in [1.165, 1.54) is 0 Å². The van der Waals surface area contributed by atoms with Crippen LogP contribution >= 0.6 is 0 Å². The van der Waals surface area contributed by atoms with Gasteiger partial charge in [-0.2, -0.15) is 0 Å². The first-order valence-corrected chi connectivity index (χ1v) is 14.1. The average molecular weight is 552 g/mol. The summed E-state index contributed by atoms with van der Waals surface area (Å²) in [6.45, 7) is 13.4. The minimum absolute atomic E-state index is 0.00263. The molecule has 9 heteroatoms. The van der Waals surface area contributed by atoms with E-state index in [9.17, 15) is 14.7 Å². The molecule has 0 heterocycles. The summed E-state index contributed by atoms with van der Waals surface area (Å²) in [6.07, 6.45) is 0.777. The Bertz CT molecular complexity index is 878. The van der Waals surface area contributed by atoms with E-state index in [0.29, 0.717) is 37.1 Å². The predicted molar refractivity (Wildman–Crippen MR) is 155 cm³/mol. The highest BCUT2D eigenvalue weighted by molar-refractivity contribution is 5.81. The molecular formula is C30H53N3O6. The van der Waals surface area contributed by atoms with Gasteiger partial charge in [0.15, 0.2) is 11.5 Å². The van der Waals surface area contributed by atoms with E-state index in [-0.39, 0.29) is 36.6 Å². The summed E-state index contributed by atoms with van der Waals surface area (Å²) in [5.41, 5.74) is 13.0. The summed E-state index contributed by atoms with van der Waals surface area (Å²) in [4.78, 5) is 24.2. The lowest BCUT2D eigenvalue weighted by molar-refractivity contribution is -0.128. The SMILES string of the molecule is COCCCOc1cc(C(C)C(CC(N)C(O)CC(C(=O)NCC(C)C(N)=O)C(C)C)C(C)C)ccc1OC. The number of hydrogen-bond donors (Lipinski definition) is 4. The van der Waals surface area contributed by atoms with Gasteiger partial charge in [0.25, 0.3) is 0 Å². The van der Waals surface area contributed by atoms with E-state index in [4.69, 9.17) is 25.7 Å². The highest BCUT2D eigenvalue weighted by Gasteiger charge is 2.32. The van der Waals surface area contributed by atoms with Gasteiger partial charge in [0.05, 0.1) is 25.7 Å². The van der Waals surface area contributed by atoms with Gasteiger partial charge >= 0.3 is 0 Å². The molecular weight excluding hydrogens is 498 g/mol. The molecule has 0 spiro atoms. The largest absolute Gasteiger partial charge is 0.493 e. The van der Waals surface area contributed by atoms with E-state index in [0.717, 1.165) is 12.0 Å². The first kappa shape index (κ1) is 34.7. The van der Waals surface area contributed by atoms with Crippen molar-refractivity contribution >= 4 is 11.8 Å². The molecule has 0 fully saturated rings. The van der Waals surface area contributed by atoms with E-state index >= 15 is 0 Å². The van der Waals surface area contributed by atoms with Crippen LogP contribution in [0.1, 0.15) is 72.3 Å². The summed E-state index contributed by atoms with van der Waals surface area (Å²) < 4.78 is 16.6. The van der Waals surface area contributed by atoms with Crippen LogP contribution in [0.3, 0.4) is 0 Å². The molecule has 224 valence electrons. The number of carbonyl (C=O) groups excluding carboxylic acids is 2. The minimum atomic E-state index is -0.847. The number of aliphatic hydroxyl groups excluding tert-OH is 1. The van der Waals surface area contributed by atoms with Gasteiger partial charge < -0.3 is 36.1 Å². The van der Waals surface area contributed by atoms with Crippen molar-refractivity contribution < 1.29 is 28.9 Å². The Morgan fingerprint density at radius 2 is 1.64 bits per heavy atom. The molecule has 1 rings (SSSR count). The first-order valence-electron chi connectivity index (χ1n) is 14.1. The number of nitrogens with two attached hydrogens (primary N) is 2. The van der Waals surface area contributed by atoms with Crippen LogP contribution in [0.5, 0.6) is 11.5 Å². The molecule has 6 N–H and O–H groups in total. The van der Waals surface area contributed by atoms with Crippen LogP contribution in [0.15, 0.2) is 18.2 Å². The Labute approximate surface area is 235 Å². The molecule has 0 aromatic heterocycles. The quantitative estimate of drug-likeness (QED) is 0.193. The number of amides is 2. The second-order valence-electron chi connectivity index (χ2n) is 11.4. The van der Waals surface area contributed by atoms with Crippen molar-refractivity contribution in [3.63, 3.8) is 0 Å². The van der Waals surface area contributed by atoms with Crippen LogP contribution in [0, 0.1) is 29.6 Å². The number of aliphatic hydroxyl groups is 1. The molecule has 0 bridgehead atoms. The van der Waals surface area contributed by atoms with Gasteiger partial charge in [-0.25, -0.2) is 0 Å². The van der Waals surface area contributed by atoms with Crippen LogP contribution in [-0.2, 0) is 14.3 Å². The Kier molecular flexibility index (Phi) is 15.4. The number of methoxy groups -OCH3 is 2. The lowest BCUT2D eigenvalue weighted by atomic mass is 9.75. The number of rotatable bonds is 19. The number of ether oxygens (including phenoxy) is 3. The third-order valence-electron chi connectivity index (χ3n) is 7.71. The number of primary amides is 1. The zero-order chi connectivity index (χ0) is 29.7. The smallest absolute Gasteiger partial charge is 0.223 e. The standard InChI is InChI=1S/C30H53N3O6/c1-18(2)23(21(6)22-10-11-27(38-8)28(14-22)39-13-9-12-37-7)15-25(31)26(34)16-24(19(3)4)30(36)33-17-20(5)29(32)35/h10-11,14,18-21,23-26,34H,9,12-13,15-17,31H2,1-8H3,(H2,32,35)(H,33,36). The van der Waals surface area contributed by atoms with Crippen LogP contribution in [0.25, 0.3) is 0 Å². The molecule has 6 unspecified atom stereocenters. The molecule has 0 saturated heterocycles. The molecule has 0 aliphatic carbocycles. The lowest BCUT2D eigenvalue weighted by Crippen LogP contribution is -2.44. The zero-order valence-electron chi connectivity index (χ0n) is 25.2. The molecule has 9 nitrogen and oxygen atoms in total. The fourth-order valence-electron chi connectivity index (χ4n) is 4.85. The molecule has 39 heavy (non-hydrogen) atoms. The fraction of sp³-hybridized carbons (Fsp3) is 0.733. The number of hydrogen-bond acceptors (Lipinski definition) is 7. The Balaban J connectivity index is 2.95. The Hall–Kier alpha value is -2.36. The van der Waals surface area contributed by atoms with Gasteiger partial charge in [-0.15, -0.1) is 0 Å². The van der Waals surface area contributed by atoms with Crippen molar-refractivity contribution in [3.8, 4) is 11.5 Å². The topological polar surface area (TPSA) is 146 Å². The van der Waals surface area contributed by atoms with Gasteiger partial charge in [-0.1, -0.05) is 47.6 Å². The average Bonchev–Trinajstić information content (AvgIpc) is 2.89. The van der Waals surface area contributed by atoms with Crippen molar-refractivity contribution in [3.05, 3.63) is 23.8 Å². The molecule has 0 aliphatic rings. The van der Waals surface area contributed by atoms with E-state index < -0.39 is 29.9 Å². The normalized spacial score (nSPS) is 16.3. The van der Waals surface area contributed by atoms with Crippen LogP contribution in [0.4, 0.5) is 0 Å². The summed E-state index contributed by atoms with van der Waals surface area (Å²) in [5.74, 6) is 0.464. The van der Waals surface area contributed by atoms with Crippen LogP contribution < -0.4 is 26.3 Å². The van der Waals surface area contributed by atoms with Crippen molar-refractivity contribution in [2.75, 3.05) is 34.0 Å².